The maximum atomic E-state index is 6.21. The molecule has 154 valence electrons. The van der Waals surface area contributed by atoms with Crippen molar-refractivity contribution >= 4 is 40.7 Å². The van der Waals surface area contributed by atoms with Gasteiger partial charge < -0.3 is 25.0 Å². The van der Waals surface area contributed by atoms with Crippen LogP contribution < -0.4 is 25.0 Å². The second-order valence-electron chi connectivity index (χ2n) is 7.33. The number of anilines is 2. The first-order chi connectivity index (χ1) is 14.1. The van der Waals surface area contributed by atoms with Crippen molar-refractivity contribution in [3.8, 4) is 11.5 Å². The van der Waals surface area contributed by atoms with Crippen molar-refractivity contribution in [1.29, 1.82) is 0 Å². The third kappa shape index (κ3) is 5.19. The first-order valence-electron chi connectivity index (χ1n) is 9.80. The maximum absolute atomic E-state index is 6.21. The van der Waals surface area contributed by atoms with Gasteiger partial charge in [-0.2, -0.15) is 4.98 Å². The van der Waals surface area contributed by atoms with Crippen molar-refractivity contribution in [3.05, 3.63) is 35.0 Å². The number of rotatable bonds is 4. The summed E-state index contributed by atoms with van der Waals surface area (Å²) in [6.07, 6.45) is 2.31. The van der Waals surface area contributed by atoms with Gasteiger partial charge in [-0.3, -0.25) is 0 Å². The summed E-state index contributed by atoms with van der Waals surface area (Å²) < 4.78 is 11.2. The van der Waals surface area contributed by atoms with Gasteiger partial charge in [0.15, 0.2) is 16.6 Å². The minimum absolute atomic E-state index is 0.394. The van der Waals surface area contributed by atoms with Gasteiger partial charge in [0.1, 0.15) is 24.2 Å². The Kier molecular flexibility index (Phi) is 6.20. The summed E-state index contributed by atoms with van der Waals surface area (Å²) in [5.74, 6) is 3.50. The predicted octanol–water partition coefficient (Wildman–Crippen LogP) is 3.62. The van der Waals surface area contributed by atoms with Crippen molar-refractivity contribution in [3.63, 3.8) is 0 Å². The molecule has 1 saturated heterocycles. The summed E-state index contributed by atoms with van der Waals surface area (Å²) in [6.45, 7) is 5.91. The molecule has 1 fully saturated rings. The number of thiocarbonyl (C=S) groups is 1. The lowest BCUT2D eigenvalue weighted by atomic mass is 9.99. The molecule has 1 aromatic heterocycles. The number of nitrogens with one attached hydrogen (secondary N) is 2. The quantitative estimate of drug-likeness (QED) is 0.559. The average Bonchev–Trinajstić information content (AvgIpc) is 2.72. The number of halogens is 1. The van der Waals surface area contributed by atoms with Gasteiger partial charge in [0.05, 0.1) is 0 Å². The molecule has 7 nitrogen and oxygen atoms in total. The van der Waals surface area contributed by atoms with Crippen LogP contribution in [-0.2, 0) is 6.54 Å². The van der Waals surface area contributed by atoms with Crippen LogP contribution >= 0.6 is 23.8 Å². The van der Waals surface area contributed by atoms with Crippen LogP contribution in [0.15, 0.2) is 24.3 Å². The highest BCUT2D eigenvalue weighted by atomic mass is 35.5. The Labute approximate surface area is 180 Å². The number of benzene rings is 1. The number of hydrogen-bond donors (Lipinski definition) is 2. The van der Waals surface area contributed by atoms with Gasteiger partial charge in [-0.15, -0.1) is 0 Å². The molecular weight excluding hydrogens is 410 g/mol. The molecular formula is C20H24ClN5O2S. The smallest absolute Gasteiger partial charge is 0.232 e. The van der Waals surface area contributed by atoms with E-state index >= 15 is 0 Å². The molecule has 0 atom stereocenters. The third-order valence-corrected chi connectivity index (χ3v) is 5.51. The van der Waals surface area contributed by atoms with Crippen LogP contribution in [0.3, 0.4) is 0 Å². The Bertz CT molecular complexity index is 889. The van der Waals surface area contributed by atoms with Gasteiger partial charge in [0.2, 0.25) is 5.95 Å². The van der Waals surface area contributed by atoms with Gasteiger partial charge in [-0.1, -0.05) is 24.6 Å². The molecule has 2 aliphatic rings. The highest BCUT2D eigenvalue weighted by Crippen LogP contribution is 2.30. The Morgan fingerprint density at radius 2 is 1.93 bits per heavy atom. The average molecular weight is 434 g/mol. The summed E-state index contributed by atoms with van der Waals surface area (Å²) in [5.41, 5.74) is 1.04. The van der Waals surface area contributed by atoms with Crippen molar-refractivity contribution in [1.82, 2.24) is 15.3 Å². The monoisotopic (exact) mass is 433 g/mol. The lowest BCUT2D eigenvalue weighted by Crippen LogP contribution is -2.34. The molecule has 2 aromatic rings. The van der Waals surface area contributed by atoms with E-state index in [2.05, 4.69) is 32.4 Å². The van der Waals surface area contributed by atoms with E-state index in [4.69, 9.17) is 33.3 Å². The van der Waals surface area contributed by atoms with E-state index in [1.165, 1.54) is 0 Å². The molecule has 3 heterocycles. The van der Waals surface area contributed by atoms with Crippen molar-refractivity contribution in [2.45, 2.75) is 26.3 Å². The molecule has 0 spiro atoms. The molecule has 1 aromatic carbocycles. The Morgan fingerprint density at radius 1 is 1.17 bits per heavy atom. The molecule has 0 aliphatic carbocycles. The predicted molar refractivity (Wildman–Crippen MR) is 118 cm³/mol. The SMILES string of the molecule is CC1CCN(c2cc(Cl)nc(NC(=S)NCc3ccc4c(c3)OCCO4)n2)CC1. The largest absolute Gasteiger partial charge is 0.486 e. The van der Waals surface area contributed by atoms with E-state index in [0.29, 0.717) is 36.0 Å². The lowest BCUT2D eigenvalue weighted by molar-refractivity contribution is 0.171. The van der Waals surface area contributed by atoms with Gasteiger partial charge in [-0.05, 0) is 48.7 Å². The van der Waals surface area contributed by atoms with Crippen LogP contribution in [0.1, 0.15) is 25.3 Å². The zero-order valence-corrected chi connectivity index (χ0v) is 17.9. The molecule has 0 radical (unpaired) electrons. The molecule has 2 N–H and O–H groups in total. The molecule has 29 heavy (non-hydrogen) atoms. The van der Waals surface area contributed by atoms with Gasteiger partial charge in [0, 0.05) is 25.7 Å². The first-order valence-corrected chi connectivity index (χ1v) is 10.6. The van der Waals surface area contributed by atoms with E-state index in [1.54, 1.807) is 6.07 Å². The lowest BCUT2D eigenvalue weighted by Gasteiger charge is -2.31. The first kappa shape index (κ1) is 20.0. The van der Waals surface area contributed by atoms with Crippen LogP contribution in [0.25, 0.3) is 0 Å². The zero-order valence-electron chi connectivity index (χ0n) is 16.3. The highest BCUT2D eigenvalue weighted by molar-refractivity contribution is 7.80. The van der Waals surface area contributed by atoms with E-state index in [-0.39, 0.29) is 0 Å². The Hall–Kier alpha value is -2.32. The van der Waals surface area contributed by atoms with E-state index in [1.807, 2.05) is 18.2 Å². The maximum Gasteiger partial charge on any atom is 0.232 e. The van der Waals surface area contributed by atoms with Gasteiger partial charge in [-0.25, -0.2) is 4.98 Å². The van der Waals surface area contributed by atoms with E-state index in [0.717, 1.165) is 54.7 Å². The Balaban J connectivity index is 1.36. The fourth-order valence-corrected chi connectivity index (χ4v) is 3.73. The number of hydrogen-bond acceptors (Lipinski definition) is 6. The second kappa shape index (κ2) is 9.00. The fraction of sp³-hybridized carbons (Fsp3) is 0.450. The highest BCUT2D eigenvalue weighted by Gasteiger charge is 2.18. The minimum Gasteiger partial charge on any atom is -0.486 e. The fourth-order valence-electron chi connectivity index (χ4n) is 3.39. The third-order valence-electron chi connectivity index (χ3n) is 5.07. The molecule has 0 amide bonds. The number of piperidine rings is 1. The zero-order chi connectivity index (χ0) is 20.2. The molecule has 9 heteroatoms. The number of aromatic nitrogens is 2. The van der Waals surface area contributed by atoms with Crippen LogP contribution in [0.5, 0.6) is 11.5 Å². The normalized spacial score (nSPS) is 16.4. The topological polar surface area (TPSA) is 71.5 Å². The number of ether oxygens (including phenoxy) is 2. The van der Waals surface area contributed by atoms with Crippen LogP contribution in [-0.4, -0.2) is 41.4 Å². The van der Waals surface area contributed by atoms with Crippen LogP contribution in [0, 0.1) is 5.92 Å². The molecule has 0 saturated carbocycles. The number of nitrogens with zero attached hydrogens (tertiary/aromatic N) is 3. The van der Waals surface area contributed by atoms with Crippen molar-refractivity contribution < 1.29 is 9.47 Å². The van der Waals surface area contributed by atoms with E-state index in [9.17, 15) is 0 Å². The molecule has 0 bridgehead atoms. The summed E-state index contributed by atoms with van der Waals surface area (Å²) in [5, 5.41) is 7.03. The molecule has 4 rings (SSSR count). The summed E-state index contributed by atoms with van der Waals surface area (Å²) in [6, 6.07) is 7.64. The summed E-state index contributed by atoms with van der Waals surface area (Å²) >= 11 is 11.6. The second-order valence-corrected chi connectivity index (χ2v) is 8.12. The van der Waals surface area contributed by atoms with E-state index < -0.39 is 0 Å². The molecule has 0 unspecified atom stereocenters. The molecule has 2 aliphatic heterocycles. The minimum atomic E-state index is 0.394. The van der Waals surface area contributed by atoms with Crippen LogP contribution in [0.4, 0.5) is 11.8 Å². The van der Waals surface area contributed by atoms with Crippen LogP contribution in [0.2, 0.25) is 5.15 Å². The van der Waals surface area contributed by atoms with Crippen molar-refractivity contribution in [2.75, 3.05) is 36.5 Å². The van der Waals surface area contributed by atoms with Crippen molar-refractivity contribution in [2.24, 2.45) is 5.92 Å². The summed E-state index contributed by atoms with van der Waals surface area (Å²) in [7, 11) is 0. The Morgan fingerprint density at radius 3 is 2.72 bits per heavy atom. The summed E-state index contributed by atoms with van der Waals surface area (Å²) in [4.78, 5) is 11.1. The van der Waals surface area contributed by atoms with Gasteiger partial charge in [0.25, 0.3) is 0 Å². The standard InChI is InChI=1S/C20H24ClN5O2S/c1-13-4-6-26(7-5-13)18-11-17(21)23-19(24-18)25-20(29)22-12-14-2-3-15-16(10-14)28-9-8-27-15/h2-3,10-11,13H,4-9,12H2,1H3,(H2,22,23,24,25,29). The van der Waals surface area contributed by atoms with Gasteiger partial charge >= 0.3 is 0 Å². The number of fused-ring (bicyclic) bond motifs is 1.